The van der Waals surface area contributed by atoms with E-state index in [2.05, 4.69) is 27.4 Å². The first-order chi connectivity index (χ1) is 9.85. The lowest BCUT2D eigenvalue weighted by Crippen LogP contribution is -2.08. The van der Waals surface area contributed by atoms with Crippen LogP contribution >= 0.6 is 0 Å². The van der Waals surface area contributed by atoms with Crippen LogP contribution in [0.5, 0.6) is 0 Å². The molecule has 3 rings (SSSR count). The number of aryl methyl sites for hydroxylation is 1. The van der Waals surface area contributed by atoms with Crippen LogP contribution in [-0.4, -0.2) is 37.8 Å². The molecule has 104 valence electrons. The molecular weight excluding hydrogens is 254 g/mol. The summed E-state index contributed by atoms with van der Waals surface area (Å²) in [5, 5.41) is 20.6. The van der Waals surface area contributed by atoms with E-state index in [4.69, 9.17) is 5.11 Å². The highest BCUT2D eigenvalue weighted by molar-refractivity contribution is 5.82. The Labute approximate surface area is 116 Å². The summed E-state index contributed by atoms with van der Waals surface area (Å²) >= 11 is 0. The first kappa shape index (κ1) is 12.8. The van der Waals surface area contributed by atoms with E-state index in [1.165, 1.54) is 0 Å². The highest BCUT2D eigenvalue weighted by atomic mass is 16.3. The molecule has 2 N–H and O–H groups in total. The fourth-order valence-corrected chi connectivity index (χ4v) is 2.27. The highest BCUT2D eigenvalue weighted by Crippen LogP contribution is 2.21. The SMILES string of the molecule is CCc1nnc2c(NCCCO)nc3ccccc3n12. The van der Waals surface area contributed by atoms with Crippen molar-refractivity contribution in [3.05, 3.63) is 30.1 Å². The maximum Gasteiger partial charge on any atom is 0.204 e. The van der Waals surface area contributed by atoms with E-state index in [9.17, 15) is 0 Å². The first-order valence-corrected chi connectivity index (χ1v) is 6.82. The molecule has 0 unspecified atom stereocenters. The predicted molar refractivity (Wildman–Crippen MR) is 77.9 cm³/mol. The van der Waals surface area contributed by atoms with E-state index in [1.54, 1.807) is 0 Å². The van der Waals surface area contributed by atoms with Crippen LogP contribution in [0.4, 0.5) is 5.82 Å². The molecule has 6 nitrogen and oxygen atoms in total. The largest absolute Gasteiger partial charge is 0.396 e. The smallest absolute Gasteiger partial charge is 0.204 e. The normalized spacial score (nSPS) is 11.3. The van der Waals surface area contributed by atoms with Crippen molar-refractivity contribution >= 4 is 22.5 Å². The van der Waals surface area contributed by atoms with Crippen molar-refractivity contribution < 1.29 is 5.11 Å². The number of anilines is 1. The first-order valence-electron chi connectivity index (χ1n) is 6.82. The number of hydrogen-bond acceptors (Lipinski definition) is 5. The number of aliphatic hydroxyl groups is 1. The zero-order chi connectivity index (χ0) is 13.9. The molecule has 0 aliphatic rings. The van der Waals surface area contributed by atoms with Crippen LogP contribution in [-0.2, 0) is 6.42 Å². The molecule has 0 saturated carbocycles. The van der Waals surface area contributed by atoms with Crippen LogP contribution in [0, 0.1) is 0 Å². The molecule has 0 atom stereocenters. The van der Waals surface area contributed by atoms with Gasteiger partial charge in [0.2, 0.25) is 5.65 Å². The number of fused-ring (bicyclic) bond motifs is 3. The molecule has 0 aliphatic carbocycles. The van der Waals surface area contributed by atoms with Gasteiger partial charge < -0.3 is 10.4 Å². The second-order valence-corrected chi connectivity index (χ2v) is 4.58. The van der Waals surface area contributed by atoms with Crippen LogP contribution < -0.4 is 5.32 Å². The average molecular weight is 271 g/mol. The van der Waals surface area contributed by atoms with Gasteiger partial charge in [-0.05, 0) is 18.6 Å². The summed E-state index contributed by atoms with van der Waals surface area (Å²) in [6.07, 6.45) is 1.49. The Morgan fingerprint density at radius 3 is 2.90 bits per heavy atom. The van der Waals surface area contributed by atoms with Gasteiger partial charge in [0.15, 0.2) is 5.82 Å². The molecular formula is C14H17N5O. The van der Waals surface area contributed by atoms with Crippen molar-refractivity contribution in [3.63, 3.8) is 0 Å². The predicted octanol–water partition coefficient (Wildman–Crippen LogP) is 1.63. The van der Waals surface area contributed by atoms with Gasteiger partial charge >= 0.3 is 0 Å². The average Bonchev–Trinajstić information content (AvgIpc) is 2.92. The standard InChI is InChI=1S/C14H17N5O/c1-2-12-17-18-14-13(15-8-5-9-20)16-10-6-3-4-7-11(10)19(12)14/h3-4,6-7,20H,2,5,8-9H2,1H3,(H,15,16). The third-order valence-corrected chi connectivity index (χ3v) is 3.24. The van der Waals surface area contributed by atoms with Gasteiger partial charge in [0, 0.05) is 19.6 Å². The third-order valence-electron chi connectivity index (χ3n) is 3.24. The van der Waals surface area contributed by atoms with E-state index in [0.29, 0.717) is 18.8 Å². The van der Waals surface area contributed by atoms with Gasteiger partial charge in [-0.25, -0.2) is 4.98 Å². The lowest BCUT2D eigenvalue weighted by molar-refractivity contribution is 0.292. The van der Waals surface area contributed by atoms with Crippen molar-refractivity contribution in [2.75, 3.05) is 18.5 Å². The zero-order valence-corrected chi connectivity index (χ0v) is 11.4. The number of nitrogens with one attached hydrogen (secondary N) is 1. The summed E-state index contributed by atoms with van der Waals surface area (Å²) in [7, 11) is 0. The number of nitrogens with zero attached hydrogens (tertiary/aromatic N) is 4. The van der Waals surface area contributed by atoms with Crippen molar-refractivity contribution in [1.29, 1.82) is 0 Å². The number of hydrogen-bond donors (Lipinski definition) is 2. The van der Waals surface area contributed by atoms with E-state index in [0.717, 1.165) is 28.9 Å². The Morgan fingerprint density at radius 1 is 1.25 bits per heavy atom. The monoisotopic (exact) mass is 271 g/mol. The van der Waals surface area contributed by atoms with Crippen molar-refractivity contribution in [1.82, 2.24) is 19.6 Å². The van der Waals surface area contributed by atoms with Gasteiger partial charge in [-0.15, -0.1) is 10.2 Å². The molecule has 0 saturated heterocycles. The Hall–Kier alpha value is -2.21. The quantitative estimate of drug-likeness (QED) is 0.690. The van der Waals surface area contributed by atoms with Gasteiger partial charge in [-0.2, -0.15) is 0 Å². The number of aliphatic hydroxyl groups excluding tert-OH is 1. The highest BCUT2D eigenvalue weighted by Gasteiger charge is 2.13. The van der Waals surface area contributed by atoms with Crippen LogP contribution in [0.2, 0.25) is 0 Å². The van der Waals surface area contributed by atoms with Gasteiger partial charge in [0.25, 0.3) is 0 Å². The molecule has 20 heavy (non-hydrogen) atoms. The van der Waals surface area contributed by atoms with E-state index in [-0.39, 0.29) is 6.61 Å². The minimum absolute atomic E-state index is 0.157. The fourth-order valence-electron chi connectivity index (χ4n) is 2.27. The number of para-hydroxylation sites is 2. The number of aromatic nitrogens is 4. The Kier molecular flexibility index (Phi) is 3.47. The van der Waals surface area contributed by atoms with Gasteiger partial charge in [-0.3, -0.25) is 4.40 Å². The minimum atomic E-state index is 0.157. The second-order valence-electron chi connectivity index (χ2n) is 4.58. The van der Waals surface area contributed by atoms with E-state index in [1.807, 2.05) is 28.7 Å². The van der Waals surface area contributed by atoms with E-state index >= 15 is 0 Å². The summed E-state index contributed by atoms with van der Waals surface area (Å²) in [5.74, 6) is 1.63. The number of rotatable bonds is 5. The van der Waals surface area contributed by atoms with Gasteiger partial charge in [0.1, 0.15) is 5.82 Å². The maximum atomic E-state index is 8.88. The Morgan fingerprint density at radius 2 is 2.10 bits per heavy atom. The summed E-state index contributed by atoms with van der Waals surface area (Å²) in [4.78, 5) is 4.61. The van der Waals surface area contributed by atoms with Crippen molar-refractivity contribution in [2.24, 2.45) is 0 Å². The number of benzene rings is 1. The molecule has 0 amide bonds. The molecule has 0 fully saturated rings. The summed E-state index contributed by atoms with van der Waals surface area (Å²) in [5.41, 5.74) is 2.65. The van der Waals surface area contributed by atoms with Crippen molar-refractivity contribution in [2.45, 2.75) is 19.8 Å². The Balaban J connectivity index is 2.20. The van der Waals surface area contributed by atoms with Crippen LogP contribution in [0.1, 0.15) is 19.2 Å². The molecule has 0 bridgehead atoms. The maximum absolute atomic E-state index is 8.88. The zero-order valence-electron chi connectivity index (χ0n) is 11.4. The van der Waals surface area contributed by atoms with Gasteiger partial charge in [0.05, 0.1) is 11.0 Å². The molecule has 3 aromatic rings. The van der Waals surface area contributed by atoms with E-state index < -0.39 is 0 Å². The molecule has 0 aliphatic heterocycles. The minimum Gasteiger partial charge on any atom is -0.396 e. The molecule has 0 radical (unpaired) electrons. The molecule has 2 heterocycles. The molecule has 1 aromatic carbocycles. The molecule has 6 heteroatoms. The Bertz CT molecular complexity index is 737. The molecule has 2 aromatic heterocycles. The summed E-state index contributed by atoms with van der Waals surface area (Å²) in [6.45, 7) is 2.88. The van der Waals surface area contributed by atoms with Crippen LogP contribution in [0.3, 0.4) is 0 Å². The molecule has 0 spiro atoms. The van der Waals surface area contributed by atoms with Gasteiger partial charge in [-0.1, -0.05) is 19.1 Å². The topological polar surface area (TPSA) is 75.3 Å². The summed E-state index contributed by atoms with van der Waals surface area (Å²) in [6, 6.07) is 7.96. The second kappa shape index (κ2) is 5.42. The third kappa shape index (κ3) is 2.08. The van der Waals surface area contributed by atoms with Crippen LogP contribution in [0.25, 0.3) is 16.7 Å². The lowest BCUT2D eigenvalue weighted by atomic mass is 10.3. The van der Waals surface area contributed by atoms with Crippen molar-refractivity contribution in [3.8, 4) is 0 Å². The summed E-state index contributed by atoms with van der Waals surface area (Å²) < 4.78 is 2.05. The van der Waals surface area contributed by atoms with Crippen LogP contribution in [0.15, 0.2) is 24.3 Å². The fraction of sp³-hybridized carbons (Fsp3) is 0.357. The lowest BCUT2D eigenvalue weighted by Gasteiger charge is -2.09.